The van der Waals surface area contributed by atoms with Gasteiger partial charge in [-0.15, -0.1) is 0 Å². The maximum Gasteiger partial charge on any atom is 0.242 e. The molecular weight excluding hydrogens is 407 g/mol. The maximum atomic E-state index is 13.0. The lowest BCUT2D eigenvalue weighted by molar-refractivity contribution is -0.140. The van der Waals surface area contributed by atoms with E-state index in [-0.39, 0.29) is 24.8 Å². The third-order valence-corrected chi connectivity index (χ3v) is 5.14. The molecule has 0 aromatic heterocycles. The lowest BCUT2D eigenvalue weighted by atomic mass is 10.1. The van der Waals surface area contributed by atoms with Crippen molar-refractivity contribution in [1.82, 2.24) is 10.2 Å². The molecule has 4 nitrogen and oxygen atoms in total. The molecule has 144 valence electrons. The molecule has 7 heteroatoms. The number of likely N-dealkylation sites (N-methyl/N-ethyl adjacent to an activating group) is 1. The predicted molar refractivity (Wildman–Crippen MR) is 110 cm³/mol. The van der Waals surface area contributed by atoms with Crippen LogP contribution in [0.3, 0.4) is 0 Å². The Kier molecular flexibility index (Phi) is 7.96. The lowest BCUT2D eigenvalue weighted by Crippen LogP contribution is -2.48. The van der Waals surface area contributed by atoms with Crippen molar-refractivity contribution in [1.29, 1.82) is 0 Å². The standard InChI is InChI=1S/C20H21Cl3N2O2/c1-3-24-20(27)13(2)25(12-16-17(22)5-4-6-18(16)23)19(26)11-14-7-9-15(21)10-8-14/h4-10,13H,3,11-12H2,1-2H3,(H,24,27)/t13-/m0/s1. The number of rotatable bonds is 7. The van der Waals surface area contributed by atoms with Crippen LogP contribution in [0.5, 0.6) is 0 Å². The zero-order chi connectivity index (χ0) is 20.0. The van der Waals surface area contributed by atoms with Crippen LogP contribution in [0.1, 0.15) is 25.0 Å². The first-order valence-electron chi connectivity index (χ1n) is 8.58. The summed E-state index contributed by atoms with van der Waals surface area (Å²) >= 11 is 18.4. The molecule has 2 aromatic rings. The van der Waals surface area contributed by atoms with Gasteiger partial charge in [0.1, 0.15) is 6.04 Å². The van der Waals surface area contributed by atoms with Gasteiger partial charge in [0.15, 0.2) is 0 Å². The van der Waals surface area contributed by atoms with Crippen LogP contribution in [-0.2, 0) is 22.6 Å². The Morgan fingerprint density at radius 1 is 1.04 bits per heavy atom. The average molecular weight is 428 g/mol. The first-order valence-corrected chi connectivity index (χ1v) is 9.71. The van der Waals surface area contributed by atoms with Gasteiger partial charge in [-0.25, -0.2) is 0 Å². The minimum absolute atomic E-state index is 0.142. The minimum Gasteiger partial charge on any atom is -0.355 e. The molecule has 0 aliphatic carbocycles. The number of carbonyl (C=O) groups excluding carboxylic acids is 2. The van der Waals surface area contributed by atoms with E-state index in [4.69, 9.17) is 34.8 Å². The summed E-state index contributed by atoms with van der Waals surface area (Å²) < 4.78 is 0. The van der Waals surface area contributed by atoms with Gasteiger partial charge in [-0.2, -0.15) is 0 Å². The number of nitrogens with zero attached hydrogens (tertiary/aromatic N) is 1. The van der Waals surface area contributed by atoms with Crippen LogP contribution in [0.15, 0.2) is 42.5 Å². The van der Waals surface area contributed by atoms with Crippen molar-refractivity contribution in [2.24, 2.45) is 0 Å². The Morgan fingerprint density at radius 2 is 1.63 bits per heavy atom. The van der Waals surface area contributed by atoms with E-state index in [1.54, 1.807) is 49.4 Å². The van der Waals surface area contributed by atoms with Crippen molar-refractivity contribution < 1.29 is 9.59 Å². The van der Waals surface area contributed by atoms with Crippen LogP contribution < -0.4 is 5.32 Å². The molecule has 0 saturated heterocycles. The van der Waals surface area contributed by atoms with Crippen molar-refractivity contribution in [2.45, 2.75) is 32.9 Å². The maximum absolute atomic E-state index is 13.0. The van der Waals surface area contributed by atoms with Crippen molar-refractivity contribution in [3.63, 3.8) is 0 Å². The first kappa shape index (κ1) is 21.5. The van der Waals surface area contributed by atoms with E-state index in [0.29, 0.717) is 27.2 Å². The van der Waals surface area contributed by atoms with Crippen LogP contribution in [0.25, 0.3) is 0 Å². The zero-order valence-electron chi connectivity index (χ0n) is 15.1. The molecule has 27 heavy (non-hydrogen) atoms. The van der Waals surface area contributed by atoms with Crippen LogP contribution in [0, 0.1) is 0 Å². The zero-order valence-corrected chi connectivity index (χ0v) is 17.4. The molecule has 0 unspecified atom stereocenters. The highest BCUT2D eigenvalue weighted by molar-refractivity contribution is 6.36. The number of halogens is 3. The van der Waals surface area contributed by atoms with Crippen LogP contribution in [0.4, 0.5) is 0 Å². The normalized spacial score (nSPS) is 11.7. The first-order chi connectivity index (χ1) is 12.8. The Hall–Kier alpha value is -1.75. The van der Waals surface area contributed by atoms with Crippen LogP contribution in [-0.4, -0.2) is 29.3 Å². The number of hydrogen-bond acceptors (Lipinski definition) is 2. The Balaban J connectivity index is 2.29. The highest BCUT2D eigenvalue weighted by Crippen LogP contribution is 2.27. The van der Waals surface area contributed by atoms with Gasteiger partial charge in [-0.05, 0) is 43.7 Å². The van der Waals surface area contributed by atoms with Crippen molar-refractivity contribution in [2.75, 3.05) is 6.54 Å². The summed E-state index contributed by atoms with van der Waals surface area (Å²) in [5, 5.41) is 4.26. The summed E-state index contributed by atoms with van der Waals surface area (Å²) in [7, 11) is 0. The number of carbonyl (C=O) groups is 2. The summed E-state index contributed by atoms with van der Waals surface area (Å²) in [5.74, 6) is -0.433. The van der Waals surface area contributed by atoms with Crippen molar-refractivity contribution in [3.8, 4) is 0 Å². The topological polar surface area (TPSA) is 49.4 Å². The Bertz CT molecular complexity index is 789. The van der Waals surface area contributed by atoms with Gasteiger partial charge in [-0.1, -0.05) is 53.0 Å². The SMILES string of the molecule is CCNC(=O)[C@H](C)N(Cc1c(Cl)cccc1Cl)C(=O)Cc1ccc(Cl)cc1. The van der Waals surface area contributed by atoms with Gasteiger partial charge in [-0.3, -0.25) is 9.59 Å². The number of hydrogen-bond donors (Lipinski definition) is 1. The molecule has 2 amide bonds. The molecule has 1 atom stereocenters. The second kappa shape index (κ2) is 9.98. The molecule has 1 N–H and O–H groups in total. The number of benzene rings is 2. The van der Waals surface area contributed by atoms with E-state index in [1.165, 1.54) is 4.90 Å². The Morgan fingerprint density at radius 3 is 2.19 bits per heavy atom. The largest absolute Gasteiger partial charge is 0.355 e. The molecule has 2 aromatic carbocycles. The summed E-state index contributed by atoms with van der Waals surface area (Å²) in [6.07, 6.45) is 0.142. The van der Waals surface area contributed by atoms with E-state index < -0.39 is 6.04 Å². The summed E-state index contributed by atoms with van der Waals surface area (Å²) in [6.45, 7) is 4.14. The van der Waals surface area contributed by atoms with Gasteiger partial charge in [0, 0.05) is 33.7 Å². The summed E-state index contributed by atoms with van der Waals surface area (Å²) in [5.41, 5.74) is 1.42. The molecule has 2 rings (SSSR count). The Labute approximate surface area is 174 Å². The van der Waals surface area contributed by atoms with Gasteiger partial charge < -0.3 is 10.2 Å². The predicted octanol–water partition coefficient (Wildman–Crippen LogP) is 4.74. The minimum atomic E-state index is -0.669. The number of nitrogens with one attached hydrogen (secondary N) is 1. The molecular formula is C20H21Cl3N2O2. The fourth-order valence-electron chi connectivity index (χ4n) is 2.64. The smallest absolute Gasteiger partial charge is 0.242 e. The number of amides is 2. The monoisotopic (exact) mass is 426 g/mol. The molecule has 0 fully saturated rings. The van der Waals surface area contributed by atoms with E-state index in [9.17, 15) is 9.59 Å². The van der Waals surface area contributed by atoms with Gasteiger partial charge in [0.2, 0.25) is 11.8 Å². The molecule has 0 spiro atoms. The molecule has 0 aliphatic rings. The van der Waals surface area contributed by atoms with Crippen molar-refractivity contribution in [3.05, 3.63) is 68.7 Å². The fourth-order valence-corrected chi connectivity index (χ4v) is 3.28. The highest BCUT2D eigenvalue weighted by Gasteiger charge is 2.27. The van der Waals surface area contributed by atoms with Crippen molar-refractivity contribution >= 4 is 46.6 Å². The van der Waals surface area contributed by atoms with Gasteiger partial charge in [0.05, 0.1) is 6.42 Å². The molecule has 0 radical (unpaired) electrons. The fraction of sp³-hybridized carbons (Fsp3) is 0.300. The van der Waals surface area contributed by atoms with E-state index in [0.717, 1.165) is 5.56 Å². The molecule has 0 heterocycles. The molecule has 0 aliphatic heterocycles. The van der Waals surface area contributed by atoms with E-state index >= 15 is 0 Å². The third kappa shape index (κ3) is 5.86. The van der Waals surface area contributed by atoms with E-state index in [1.807, 2.05) is 6.92 Å². The second-order valence-corrected chi connectivity index (χ2v) is 7.35. The average Bonchev–Trinajstić information content (AvgIpc) is 2.63. The lowest BCUT2D eigenvalue weighted by Gasteiger charge is -2.29. The second-order valence-electron chi connectivity index (χ2n) is 6.10. The molecule has 0 saturated carbocycles. The molecule has 0 bridgehead atoms. The summed E-state index contributed by atoms with van der Waals surface area (Å²) in [6, 6.07) is 11.5. The van der Waals surface area contributed by atoms with Gasteiger partial charge in [0.25, 0.3) is 0 Å². The summed E-state index contributed by atoms with van der Waals surface area (Å²) in [4.78, 5) is 26.9. The highest BCUT2D eigenvalue weighted by atomic mass is 35.5. The van der Waals surface area contributed by atoms with E-state index in [2.05, 4.69) is 5.32 Å². The van der Waals surface area contributed by atoms with Crippen LogP contribution >= 0.6 is 34.8 Å². The van der Waals surface area contributed by atoms with Gasteiger partial charge >= 0.3 is 0 Å². The van der Waals surface area contributed by atoms with Crippen LogP contribution in [0.2, 0.25) is 15.1 Å². The third-order valence-electron chi connectivity index (χ3n) is 4.18. The quantitative estimate of drug-likeness (QED) is 0.693.